The van der Waals surface area contributed by atoms with Crippen molar-refractivity contribution in [2.24, 2.45) is 0 Å². The van der Waals surface area contributed by atoms with E-state index in [1.165, 1.54) is 7.11 Å². The van der Waals surface area contributed by atoms with Crippen molar-refractivity contribution in [3.05, 3.63) is 23.0 Å². The Bertz CT molecular complexity index is 492. The van der Waals surface area contributed by atoms with Crippen molar-refractivity contribution in [3.8, 4) is 0 Å². The van der Waals surface area contributed by atoms with Gasteiger partial charge in [0.25, 0.3) is 0 Å². The molecule has 0 fully saturated rings. The lowest BCUT2D eigenvalue weighted by Crippen LogP contribution is -2.11. The minimum absolute atomic E-state index is 0.0357. The Morgan fingerprint density at radius 3 is 2.52 bits per heavy atom. The van der Waals surface area contributed by atoms with Crippen LogP contribution in [0.5, 0.6) is 0 Å². The highest BCUT2D eigenvalue weighted by Gasteiger charge is 2.05. The number of pyridine rings is 1. The van der Waals surface area contributed by atoms with Crippen molar-refractivity contribution in [1.82, 2.24) is 4.98 Å². The maximum Gasteiger partial charge on any atom is 0.305 e. The highest BCUT2D eigenvalue weighted by atomic mass is 35.5. The molecule has 116 valence electrons. The second-order valence-electron chi connectivity index (χ2n) is 4.87. The average molecular weight is 313 g/mol. The molecule has 0 unspecified atom stereocenters. The number of nitrogens with zero attached hydrogens (tertiary/aromatic N) is 1. The Morgan fingerprint density at radius 2 is 1.90 bits per heavy atom. The zero-order valence-electron chi connectivity index (χ0n) is 12.4. The number of methoxy groups -OCH3 is 1. The predicted octanol–water partition coefficient (Wildman–Crippen LogP) is 3.50. The summed E-state index contributed by atoms with van der Waals surface area (Å²) in [5, 5.41) is 3.24. The van der Waals surface area contributed by atoms with E-state index in [0.717, 1.165) is 31.2 Å². The van der Waals surface area contributed by atoms with Crippen LogP contribution in [0.15, 0.2) is 12.3 Å². The highest BCUT2D eigenvalue weighted by Crippen LogP contribution is 2.16. The Hall–Kier alpha value is -1.62. The molecule has 1 heterocycles. The molecule has 0 bridgehead atoms. The Labute approximate surface area is 130 Å². The van der Waals surface area contributed by atoms with E-state index in [9.17, 15) is 9.59 Å². The third kappa shape index (κ3) is 7.09. The summed E-state index contributed by atoms with van der Waals surface area (Å²) in [6.07, 6.45) is 5.88. The third-order valence-electron chi connectivity index (χ3n) is 3.06. The largest absolute Gasteiger partial charge is 0.469 e. The maximum atomic E-state index is 11.7. The van der Waals surface area contributed by atoms with E-state index in [-0.39, 0.29) is 11.9 Å². The first kappa shape index (κ1) is 17.4. The molecular formula is C15H21ClN2O3. The summed E-state index contributed by atoms with van der Waals surface area (Å²) < 4.78 is 4.56. The molecule has 6 heteroatoms. The van der Waals surface area contributed by atoms with Gasteiger partial charge in [-0.3, -0.25) is 9.59 Å². The number of aryl methyl sites for hydroxylation is 1. The van der Waals surface area contributed by atoms with Crippen LogP contribution in [0.2, 0.25) is 5.15 Å². The molecule has 0 atom stereocenters. The number of hydrogen-bond donors (Lipinski definition) is 1. The van der Waals surface area contributed by atoms with Gasteiger partial charge in [0.15, 0.2) is 0 Å². The zero-order valence-corrected chi connectivity index (χ0v) is 13.2. The van der Waals surface area contributed by atoms with E-state index in [1.807, 2.05) is 6.92 Å². The van der Waals surface area contributed by atoms with Crippen molar-refractivity contribution in [1.29, 1.82) is 0 Å². The van der Waals surface area contributed by atoms with Crippen LogP contribution in [-0.2, 0) is 14.3 Å². The van der Waals surface area contributed by atoms with Gasteiger partial charge in [0.2, 0.25) is 5.91 Å². The Kier molecular flexibility index (Phi) is 7.75. The van der Waals surface area contributed by atoms with E-state index in [1.54, 1.807) is 12.3 Å². The molecule has 0 radical (unpaired) electrons. The van der Waals surface area contributed by atoms with Gasteiger partial charge < -0.3 is 10.1 Å². The van der Waals surface area contributed by atoms with Gasteiger partial charge in [0, 0.05) is 12.8 Å². The molecule has 0 aliphatic carbocycles. The molecule has 1 rings (SSSR count). The minimum atomic E-state index is -0.182. The summed E-state index contributed by atoms with van der Waals surface area (Å²) in [5.74, 6) is -0.218. The van der Waals surface area contributed by atoms with Gasteiger partial charge in [-0.1, -0.05) is 24.4 Å². The van der Waals surface area contributed by atoms with E-state index < -0.39 is 0 Å². The number of anilines is 1. The first-order valence-corrected chi connectivity index (χ1v) is 7.39. The summed E-state index contributed by atoms with van der Waals surface area (Å²) >= 11 is 5.83. The van der Waals surface area contributed by atoms with Crippen LogP contribution in [0, 0.1) is 6.92 Å². The van der Waals surface area contributed by atoms with Gasteiger partial charge in [0.1, 0.15) is 5.15 Å². The lowest BCUT2D eigenvalue weighted by atomic mass is 10.1. The fourth-order valence-electron chi connectivity index (χ4n) is 1.86. The van der Waals surface area contributed by atoms with Crippen LogP contribution in [0.4, 0.5) is 5.69 Å². The van der Waals surface area contributed by atoms with Crippen LogP contribution >= 0.6 is 11.6 Å². The van der Waals surface area contributed by atoms with Crippen molar-refractivity contribution in [3.63, 3.8) is 0 Å². The van der Waals surface area contributed by atoms with Gasteiger partial charge >= 0.3 is 5.97 Å². The predicted molar refractivity (Wildman–Crippen MR) is 82.3 cm³/mol. The molecule has 0 saturated heterocycles. The first-order chi connectivity index (χ1) is 10.0. The number of amides is 1. The van der Waals surface area contributed by atoms with Gasteiger partial charge in [-0.25, -0.2) is 4.98 Å². The Morgan fingerprint density at radius 1 is 1.24 bits per heavy atom. The average Bonchev–Trinajstić information content (AvgIpc) is 2.46. The minimum Gasteiger partial charge on any atom is -0.469 e. The van der Waals surface area contributed by atoms with Crippen molar-refractivity contribution in [2.45, 2.75) is 45.4 Å². The van der Waals surface area contributed by atoms with Gasteiger partial charge in [-0.05, 0) is 31.4 Å². The van der Waals surface area contributed by atoms with Crippen LogP contribution in [0.25, 0.3) is 0 Å². The molecule has 1 aromatic heterocycles. The summed E-state index contributed by atoms with van der Waals surface area (Å²) in [4.78, 5) is 26.6. The molecule has 5 nitrogen and oxygen atoms in total. The number of halogens is 1. The Balaban J connectivity index is 2.16. The van der Waals surface area contributed by atoms with E-state index >= 15 is 0 Å². The van der Waals surface area contributed by atoms with Gasteiger partial charge in [-0.2, -0.15) is 0 Å². The number of nitrogens with one attached hydrogen (secondary N) is 1. The fraction of sp³-hybridized carbons (Fsp3) is 0.533. The molecule has 1 amide bonds. The van der Waals surface area contributed by atoms with Gasteiger partial charge in [-0.15, -0.1) is 0 Å². The van der Waals surface area contributed by atoms with Crippen molar-refractivity contribution in [2.75, 3.05) is 12.4 Å². The number of rotatable bonds is 8. The quantitative estimate of drug-likeness (QED) is 0.453. The number of ether oxygens (including phenoxy) is 1. The fourth-order valence-corrected chi connectivity index (χ4v) is 1.96. The lowest BCUT2D eigenvalue weighted by Gasteiger charge is -2.06. The number of carbonyl (C=O) groups is 2. The number of hydrogen-bond acceptors (Lipinski definition) is 4. The number of aromatic nitrogens is 1. The highest BCUT2D eigenvalue weighted by molar-refractivity contribution is 6.30. The zero-order chi connectivity index (χ0) is 15.7. The molecule has 0 aliphatic rings. The molecule has 0 aliphatic heterocycles. The van der Waals surface area contributed by atoms with Crippen LogP contribution in [0.1, 0.15) is 44.1 Å². The number of unbranched alkanes of at least 4 members (excludes halogenated alkanes) is 3. The van der Waals surface area contributed by atoms with E-state index in [4.69, 9.17) is 11.6 Å². The van der Waals surface area contributed by atoms with E-state index in [2.05, 4.69) is 15.0 Å². The first-order valence-electron chi connectivity index (χ1n) is 7.01. The number of carbonyl (C=O) groups excluding carboxylic acids is 2. The van der Waals surface area contributed by atoms with Crippen molar-refractivity contribution < 1.29 is 14.3 Å². The van der Waals surface area contributed by atoms with Crippen LogP contribution < -0.4 is 5.32 Å². The number of esters is 1. The second-order valence-corrected chi connectivity index (χ2v) is 5.23. The lowest BCUT2D eigenvalue weighted by molar-refractivity contribution is -0.140. The molecule has 0 aromatic carbocycles. The second kappa shape index (κ2) is 9.34. The summed E-state index contributed by atoms with van der Waals surface area (Å²) in [5.41, 5.74) is 1.49. The summed E-state index contributed by atoms with van der Waals surface area (Å²) in [6, 6.07) is 1.80. The third-order valence-corrected chi connectivity index (χ3v) is 3.46. The topological polar surface area (TPSA) is 68.3 Å². The van der Waals surface area contributed by atoms with Gasteiger partial charge in [0.05, 0.1) is 19.0 Å². The molecule has 1 aromatic rings. The van der Waals surface area contributed by atoms with E-state index in [0.29, 0.717) is 23.7 Å². The monoisotopic (exact) mass is 312 g/mol. The molecule has 0 spiro atoms. The summed E-state index contributed by atoms with van der Waals surface area (Å²) in [6.45, 7) is 1.84. The smallest absolute Gasteiger partial charge is 0.305 e. The van der Waals surface area contributed by atoms with Crippen LogP contribution in [-0.4, -0.2) is 24.0 Å². The SMILES string of the molecule is COC(=O)CCCCCCC(=O)Nc1cnc(Cl)c(C)c1. The standard InChI is InChI=1S/C15H21ClN2O3/c1-11-9-12(10-17-15(11)16)18-13(19)7-5-3-4-6-8-14(20)21-2/h9-10H,3-8H2,1-2H3,(H,18,19). The maximum absolute atomic E-state index is 11.7. The molecule has 21 heavy (non-hydrogen) atoms. The van der Waals surface area contributed by atoms with Crippen molar-refractivity contribution >= 4 is 29.2 Å². The summed E-state index contributed by atoms with van der Waals surface area (Å²) in [7, 11) is 1.39. The molecule has 1 N–H and O–H groups in total. The van der Waals surface area contributed by atoms with Crippen LogP contribution in [0.3, 0.4) is 0 Å². The molecular weight excluding hydrogens is 292 g/mol. The molecule has 0 saturated carbocycles. The normalized spacial score (nSPS) is 10.2.